The highest BCUT2D eigenvalue weighted by atomic mass is 16.2. The van der Waals surface area contributed by atoms with Crippen molar-refractivity contribution in [1.29, 1.82) is 0 Å². The maximum absolute atomic E-state index is 12.5. The fraction of sp³-hybridized carbons (Fsp3) is 0.556. The molecule has 1 aliphatic heterocycles. The van der Waals surface area contributed by atoms with E-state index in [1.807, 2.05) is 30.0 Å². The van der Waals surface area contributed by atoms with E-state index in [0.29, 0.717) is 5.92 Å². The average molecular weight is 314 g/mol. The molecular weight excluding hydrogens is 288 g/mol. The molecule has 0 bridgehead atoms. The fourth-order valence-electron chi connectivity index (χ4n) is 3.25. The van der Waals surface area contributed by atoms with Gasteiger partial charge in [0.15, 0.2) is 0 Å². The van der Waals surface area contributed by atoms with Gasteiger partial charge in [0, 0.05) is 19.0 Å². The van der Waals surface area contributed by atoms with Crippen molar-refractivity contribution < 1.29 is 4.79 Å². The average Bonchev–Trinajstić information content (AvgIpc) is 3.04. The number of nitrogens with zero attached hydrogens (tertiary/aromatic N) is 2. The second kappa shape index (κ2) is 6.71. The molecule has 5 nitrogen and oxygen atoms in total. The number of hydrogen-bond acceptors (Lipinski definition) is 3. The molecule has 1 saturated heterocycles. The molecule has 3 rings (SSSR count). The van der Waals surface area contributed by atoms with Gasteiger partial charge < -0.3 is 15.6 Å². The van der Waals surface area contributed by atoms with Crippen LogP contribution in [0.3, 0.4) is 0 Å². The van der Waals surface area contributed by atoms with Crippen LogP contribution >= 0.6 is 0 Å². The maximum Gasteiger partial charge on any atom is 0.239 e. The summed E-state index contributed by atoms with van der Waals surface area (Å²) >= 11 is 0. The molecule has 1 aromatic carbocycles. The fourth-order valence-corrected chi connectivity index (χ4v) is 3.25. The van der Waals surface area contributed by atoms with E-state index in [-0.39, 0.29) is 17.9 Å². The Labute approximate surface area is 137 Å². The van der Waals surface area contributed by atoms with E-state index in [2.05, 4.69) is 18.0 Å². The van der Waals surface area contributed by atoms with Gasteiger partial charge in [0.1, 0.15) is 5.82 Å². The van der Waals surface area contributed by atoms with Crippen molar-refractivity contribution in [1.82, 2.24) is 14.9 Å². The number of carbonyl (C=O) groups excluding carboxylic acids is 1. The van der Waals surface area contributed by atoms with Crippen LogP contribution in [-0.2, 0) is 4.79 Å². The first kappa shape index (κ1) is 16.0. The lowest BCUT2D eigenvalue weighted by Crippen LogP contribution is -2.49. The SMILES string of the molecule is CCC(C)C(N)C(=O)N1CCC(c2nc3ccccc3[nH]2)CC1. The Morgan fingerprint density at radius 2 is 2.09 bits per heavy atom. The first-order chi connectivity index (χ1) is 11.1. The molecule has 3 N–H and O–H groups in total. The Morgan fingerprint density at radius 1 is 1.39 bits per heavy atom. The third-order valence-corrected chi connectivity index (χ3v) is 5.14. The molecule has 2 aromatic rings. The summed E-state index contributed by atoms with van der Waals surface area (Å²) in [4.78, 5) is 22.5. The van der Waals surface area contributed by atoms with Crippen LogP contribution in [0.2, 0.25) is 0 Å². The predicted octanol–water partition coefficient (Wildman–Crippen LogP) is 2.64. The molecule has 124 valence electrons. The molecule has 5 heteroatoms. The zero-order valence-corrected chi connectivity index (χ0v) is 14.0. The predicted molar refractivity (Wildman–Crippen MR) is 92.1 cm³/mol. The van der Waals surface area contributed by atoms with Gasteiger partial charge in [-0.3, -0.25) is 4.79 Å². The number of fused-ring (bicyclic) bond motifs is 1. The van der Waals surface area contributed by atoms with Crippen molar-refractivity contribution in [2.45, 2.75) is 45.1 Å². The van der Waals surface area contributed by atoms with Gasteiger partial charge in [-0.2, -0.15) is 0 Å². The summed E-state index contributed by atoms with van der Waals surface area (Å²) in [7, 11) is 0. The van der Waals surface area contributed by atoms with E-state index >= 15 is 0 Å². The summed E-state index contributed by atoms with van der Waals surface area (Å²) in [6.07, 6.45) is 2.82. The van der Waals surface area contributed by atoms with Gasteiger partial charge in [-0.15, -0.1) is 0 Å². The molecule has 0 radical (unpaired) electrons. The largest absolute Gasteiger partial charge is 0.342 e. The van der Waals surface area contributed by atoms with Crippen LogP contribution in [0, 0.1) is 5.92 Å². The van der Waals surface area contributed by atoms with Crippen LogP contribution in [0.15, 0.2) is 24.3 Å². The number of nitrogens with one attached hydrogen (secondary N) is 1. The van der Waals surface area contributed by atoms with Crippen molar-refractivity contribution in [2.75, 3.05) is 13.1 Å². The molecule has 2 heterocycles. The second-order valence-electron chi connectivity index (χ2n) is 6.65. The minimum Gasteiger partial charge on any atom is -0.342 e. The van der Waals surface area contributed by atoms with Gasteiger partial charge in [-0.1, -0.05) is 32.4 Å². The van der Waals surface area contributed by atoms with E-state index in [9.17, 15) is 4.79 Å². The number of imidazole rings is 1. The van der Waals surface area contributed by atoms with Gasteiger partial charge >= 0.3 is 0 Å². The summed E-state index contributed by atoms with van der Waals surface area (Å²) in [5.74, 6) is 1.77. The lowest BCUT2D eigenvalue weighted by Gasteiger charge is -2.34. The highest BCUT2D eigenvalue weighted by Gasteiger charge is 2.30. The zero-order valence-electron chi connectivity index (χ0n) is 14.0. The number of rotatable bonds is 4. The molecule has 1 fully saturated rings. The topological polar surface area (TPSA) is 75.0 Å². The number of likely N-dealkylation sites (tertiary alicyclic amines) is 1. The Morgan fingerprint density at radius 3 is 2.74 bits per heavy atom. The number of carbonyl (C=O) groups is 1. The highest BCUT2D eigenvalue weighted by molar-refractivity contribution is 5.82. The van der Waals surface area contributed by atoms with Gasteiger partial charge in [-0.05, 0) is 30.9 Å². The monoisotopic (exact) mass is 314 g/mol. The third-order valence-electron chi connectivity index (χ3n) is 5.14. The Hall–Kier alpha value is -1.88. The number of H-pyrrole nitrogens is 1. The van der Waals surface area contributed by atoms with Crippen molar-refractivity contribution in [3.8, 4) is 0 Å². The molecule has 0 spiro atoms. The minimum atomic E-state index is -0.372. The van der Waals surface area contributed by atoms with Gasteiger partial charge in [-0.25, -0.2) is 4.98 Å². The Bertz CT molecular complexity index is 639. The van der Waals surface area contributed by atoms with Crippen LogP contribution in [0.25, 0.3) is 11.0 Å². The molecular formula is C18H26N4O. The Balaban J connectivity index is 1.63. The van der Waals surface area contributed by atoms with Crippen LogP contribution in [0.4, 0.5) is 0 Å². The number of aromatic amines is 1. The minimum absolute atomic E-state index is 0.0995. The number of aromatic nitrogens is 2. The highest BCUT2D eigenvalue weighted by Crippen LogP contribution is 2.28. The van der Waals surface area contributed by atoms with Crippen LogP contribution in [-0.4, -0.2) is 39.9 Å². The zero-order chi connectivity index (χ0) is 16.4. The number of para-hydroxylation sites is 2. The van der Waals surface area contributed by atoms with Crippen LogP contribution in [0.5, 0.6) is 0 Å². The van der Waals surface area contributed by atoms with Crippen molar-refractivity contribution in [3.05, 3.63) is 30.1 Å². The molecule has 23 heavy (non-hydrogen) atoms. The number of benzene rings is 1. The van der Waals surface area contributed by atoms with Crippen molar-refractivity contribution >= 4 is 16.9 Å². The molecule has 2 atom stereocenters. The summed E-state index contributed by atoms with van der Waals surface area (Å²) in [5, 5.41) is 0. The lowest BCUT2D eigenvalue weighted by molar-refractivity contribution is -0.134. The van der Waals surface area contributed by atoms with Gasteiger partial charge in [0.05, 0.1) is 17.1 Å². The summed E-state index contributed by atoms with van der Waals surface area (Å²) in [6.45, 7) is 5.66. The maximum atomic E-state index is 12.5. The Kier molecular flexibility index (Phi) is 4.66. The number of nitrogens with two attached hydrogens (primary N) is 1. The summed E-state index contributed by atoms with van der Waals surface area (Å²) < 4.78 is 0. The molecule has 1 aliphatic rings. The van der Waals surface area contributed by atoms with E-state index in [1.165, 1.54) is 0 Å². The molecule has 1 aromatic heterocycles. The van der Waals surface area contributed by atoms with E-state index in [4.69, 9.17) is 10.7 Å². The molecule has 0 aliphatic carbocycles. The van der Waals surface area contributed by atoms with Gasteiger partial charge in [0.25, 0.3) is 0 Å². The molecule has 0 saturated carbocycles. The van der Waals surface area contributed by atoms with Crippen molar-refractivity contribution in [3.63, 3.8) is 0 Å². The number of amides is 1. The first-order valence-corrected chi connectivity index (χ1v) is 8.59. The quantitative estimate of drug-likeness (QED) is 0.911. The van der Waals surface area contributed by atoms with Gasteiger partial charge in [0.2, 0.25) is 5.91 Å². The molecule has 1 amide bonds. The smallest absolute Gasteiger partial charge is 0.239 e. The van der Waals surface area contributed by atoms with E-state index in [1.54, 1.807) is 0 Å². The number of piperidine rings is 1. The third kappa shape index (κ3) is 3.24. The van der Waals surface area contributed by atoms with E-state index < -0.39 is 0 Å². The van der Waals surface area contributed by atoms with Crippen LogP contribution in [0.1, 0.15) is 44.9 Å². The first-order valence-electron chi connectivity index (χ1n) is 8.59. The summed E-state index contributed by atoms with van der Waals surface area (Å²) in [5.41, 5.74) is 8.19. The van der Waals surface area contributed by atoms with Crippen LogP contribution < -0.4 is 5.73 Å². The number of hydrogen-bond donors (Lipinski definition) is 2. The van der Waals surface area contributed by atoms with E-state index in [0.717, 1.165) is 49.2 Å². The second-order valence-corrected chi connectivity index (χ2v) is 6.65. The standard InChI is InChI=1S/C18H26N4O/c1-3-12(2)16(19)18(23)22-10-8-13(9-11-22)17-20-14-6-4-5-7-15(14)21-17/h4-7,12-13,16H,3,8-11,19H2,1-2H3,(H,20,21). The molecule has 2 unspecified atom stereocenters. The van der Waals surface area contributed by atoms with Crippen molar-refractivity contribution in [2.24, 2.45) is 11.7 Å². The normalized spacial score (nSPS) is 19.0. The lowest BCUT2D eigenvalue weighted by atomic mass is 9.93. The summed E-state index contributed by atoms with van der Waals surface area (Å²) in [6, 6.07) is 7.73.